The van der Waals surface area contributed by atoms with E-state index in [-0.39, 0.29) is 30.3 Å². The van der Waals surface area contributed by atoms with E-state index in [1.54, 1.807) is 0 Å². The molecule has 3 nitrogen and oxygen atoms in total. The van der Waals surface area contributed by atoms with E-state index in [2.05, 4.69) is 13.8 Å². The first-order valence-corrected chi connectivity index (χ1v) is 5.97. The lowest BCUT2D eigenvalue weighted by Gasteiger charge is -2.37. The molecule has 1 fully saturated rings. The molecule has 0 aromatic rings. The highest BCUT2D eigenvalue weighted by molar-refractivity contribution is 5.85. The van der Waals surface area contributed by atoms with Gasteiger partial charge in [0, 0.05) is 13.1 Å². The normalized spacial score (nSPS) is 27.5. The molecule has 1 rings (SSSR count). The molecule has 0 aliphatic carbocycles. The number of nitrogens with zero attached hydrogens (tertiary/aromatic N) is 1. The molecule has 2 N–H and O–H groups in total. The molecule has 1 heterocycles. The van der Waals surface area contributed by atoms with Crippen molar-refractivity contribution in [3.63, 3.8) is 0 Å². The zero-order valence-corrected chi connectivity index (χ0v) is 11.6. The Balaban J connectivity index is 0.00000225. The summed E-state index contributed by atoms with van der Waals surface area (Å²) >= 11 is 0. The van der Waals surface area contributed by atoms with E-state index in [1.807, 2.05) is 18.7 Å². The average molecular weight is 249 g/mol. The van der Waals surface area contributed by atoms with Crippen LogP contribution >= 0.6 is 12.4 Å². The van der Waals surface area contributed by atoms with Crippen LogP contribution in [0.25, 0.3) is 0 Å². The zero-order valence-electron chi connectivity index (χ0n) is 10.8. The largest absolute Gasteiger partial charge is 0.341 e. The molecule has 3 atom stereocenters. The van der Waals surface area contributed by atoms with E-state index in [0.29, 0.717) is 5.92 Å². The predicted octanol–water partition coefficient (Wildman–Crippen LogP) is 1.90. The molecule has 0 aromatic carbocycles. The summed E-state index contributed by atoms with van der Waals surface area (Å²) in [5, 5.41) is 0. The molecule has 1 saturated heterocycles. The fourth-order valence-corrected chi connectivity index (χ4v) is 1.96. The van der Waals surface area contributed by atoms with E-state index >= 15 is 0 Å². The molecule has 1 aliphatic rings. The summed E-state index contributed by atoms with van der Waals surface area (Å²) in [5.41, 5.74) is 5.88. The smallest absolute Gasteiger partial charge is 0.239 e. The average Bonchev–Trinajstić information content (AvgIpc) is 2.19. The summed E-state index contributed by atoms with van der Waals surface area (Å²) in [6, 6.07) is -0.328. The second-order valence-electron chi connectivity index (χ2n) is 5.30. The number of piperidine rings is 1. The Morgan fingerprint density at radius 2 is 1.88 bits per heavy atom. The van der Waals surface area contributed by atoms with Gasteiger partial charge in [0.2, 0.25) is 5.91 Å². The molecule has 0 spiro atoms. The van der Waals surface area contributed by atoms with Gasteiger partial charge in [0.25, 0.3) is 0 Å². The lowest BCUT2D eigenvalue weighted by atomic mass is 9.88. The number of hydrogen-bond acceptors (Lipinski definition) is 2. The Morgan fingerprint density at radius 1 is 1.31 bits per heavy atom. The summed E-state index contributed by atoms with van der Waals surface area (Å²) in [5.74, 6) is 1.68. The molecule has 0 saturated carbocycles. The van der Waals surface area contributed by atoms with E-state index < -0.39 is 0 Å². The third kappa shape index (κ3) is 3.63. The van der Waals surface area contributed by atoms with Crippen LogP contribution in [0, 0.1) is 17.8 Å². The Kier molecular flexibility index (Phi) is 6.34. The number of likely N-dealkylation sites (tertiary alicyclic amines) is 1. The van der Waals surface area contributed by atoms with Gasteiger partial charge in [0.1, 0.15) is 0 Å². The summed E-state index contributed by atoms with van der Waals surface area (Å²) in [7, 11) is 0. The zero-order chi connectivity index (χ0) is 11.6. The van der Waals surface area contributed by atoms with Crippen LogP contribution in [-0.4, -0.2) is 29.9 Å². The van der Waals surface area contributed by atoms with Gasteiger partial charge in [0.05, 0.1) is 6.04 Å². The standard InChI is InChI=1S/C12H24N2O.ClH/c1-8(2)11(13)12(15)14-6-5-9(3)10(4)7-14;/h8-11H,5-7,13H2,1-4H3;1H/t9?,10?,11-;/m1./s1. The molecule has 1 amide bonds. The van der Waals surface area contributed by atoms with Gasteiger partial charge in [-0.05, 0) is 24.2 Å². The number of nitrogens with two attached hydrogens (primary N) is 1. The van der Waals surface area contributed by atoms with Crippen molar-refractivity contribution in [2.75, 3.05) is 13.1 Å². The third-order valence-corrected chi connectivity index (χ3v) is 3.65. The molecule has 1 aliphatic heterocycles. The summed E-state index contributed by atoms with van der Waals surface area (Å²) < 4.78 is 0. The fraction of sp³-hybridized carbons (Fsp3) is 0.917. The first-order chi connectivity index (χ1) is 6.93. The molecular weight excluding hydrogens is 224 g/mol. The molecule has 0 bridgehead atoms. The second kappa shape index (κ2) is 6.45. The van der Waals surface area contributed by atoms with E-state index in [4.69, 9.17) is 5.73 Å². The second-order valence-corrected chi connectivity index (χ2v) is 5.30. The van der Waals surface area contributed by atoms with Crippen molar-refractivity contribution in [3.8, 4) is 0 Å². The van der Waals surface area contributed by atoms with Gasteiger partial charge in [-0.15, -0.1) is 12.4 Å². The van der Waals surface area contributed by atoms with E-state index in [9.17, 15) is 4.79 Å². The van der Waals surface area contributed by atoms with Crippen molar-refractivity contribution in [2.24, 2.45) is 23.5 Å². The van der Waals surface area contributed by atoms with E-state index in [1.165, 1.54) is 0 Å². The molecule has 96 valence electrons. The van der Waals surface area contributed by atoms with Crippen molar-refractivity contribution in [1.29, 1.82) is 0 Å². The first-order valence-electron chi connectivity index (χ1n) is 5.97. The van der Waals surface area contributed by atoms with Crippen molar-refractivity contribution in [3.05, 3.63) is 0 Å². The Bertz CT molecular complexity index is 233. The highest BCUT2D eigenvalue weighted by Crippen LogP contribution is 2.23. The Labute approximate surface area is 105 Å². The van der Waals surface area contributed by atoms with Gasteiger partial charge in [-0.1, -0.05) is 27.7 Å². The maximum atomic E-state index is 12.0. The van der Waals surface area contributed by atoms with Crippen molar-refractivity contribution >= 4 is 18.3 Å². The van der Waals surface area contributed by atoms with Crippen molar-refractivity contribution in [1.82, 2.24) is 4.90 Å². The van der Waals surface area contributed by atoms with Crippen LogP contribution in [0.15, 0.2) is 0 Å². The number of carbonyl (C=O) groups excluding carboxylic acids is 1. The minimum absolute atomic E-state index is 0. The minimum atomic E-state index is -0.328. The number of amides is 1. The van der Waals surface area contributed by atoms with Gasteiger partial charge in [-0.2, -0.15) is 0 Å². The van der Waals surface area contributed by atoms with Crippen molar-refractivity contribution < 1.29 is 4.79 Å². The van der Waals surface area contributed by atoms with Gasteiger partial charge in [-0.3, -0.25) is 4.79 Å². The number of halogens is 1. The number of carbonyl (C=O) groups is 1. The van der Waals surface area contributed by atoms with Crippen LogP contribution in [0.1, 0.15) is 34.1 Å². The fourth-order valence-electron chi connectivity index (χ4n) is 1.96. The maximum absolute atomic E-state index is 12.0. The summed E-state index contributed by atoms with van der Waals surface area (Å²) in [6.07, 6.45) is 1.11. The molecule has 0 aromatic heterocycles. The summed E-state index contributed by atoms with van der Waals surface area (Å²) in [6.45, 7) is 10.2. The topological polar surface area (TPSA) is 46.3 Å². The quantitative estimate of drug-likeness (QED) is 0.811. The van der Waals surface area contributed by atoms with Gasteiger partial charge < -0.3 is 10.6 Å². The Morgan fingerprint density at radius 3 is 2.31 bits per heavy atom. The molecule has 0 radical (unpaired) electrons. The molecule has 16 heavy (non-hydrogen) atoms. The third-order valence-electron chi connectivity index (χ3n) is 3.65. The monoisotopic (exact) mass is 248 g/mol. The summed E-state index contributed by atoms with van der Waals surface area (Å²) in [4.78, 5) is 13.9. The minimum Gasteiger partial charge on any atom is -0.341 e. The van der Waals surface area contributed by atoms with Crippen molar-refractivity contribution in [2.45, 2.75) is 40.2 Å². The Hall–Kier alpha value is -0.280. The number of rotatable bonds is 2. The lowest BCUT2D eigenvalue weighted by molar-refractivity contribution is -0.135. The van der Waals surface area contributed by atoms with Crippen LogP contribution in [-0.2, 0) is 4.79 Å². The predicted molar refractivity (Wildman–Crippen MR) is 69.6 cm³/mol. The van der Waals surface area contributed by atoms with Crippen LogP contribution in [0.4, 0.5) is 0 Å². The SMILES string of the molecule is CC1CCN(C(=O)[C@H](N)C(C)C)CC1C.Cl. The van der Waals surface area contributed by atoms with Crippen LogP contribution in [0.3, 0.4) is 0 Å². The first kappa shape index (κ1) is 15.7. The van der Waals surface area contributed by atoms with Crippen LogP contribution in [0.2, 0.25) is 0 Å². The van der Waals surface area contributed by atoms with Gasteiger partial charge in [0.15, 0.2) is 0 Å². The maximum Gasteiger partial charge on any atom is 0.239 e. The highest BCUT2D eigenvalue weighted by atomic mass is 35.5. The molecular formula is C12H25ClN2O. The van der Waals surface area contributed by atoms with Gasteiger partial charge >= 0.3 is 0 Å². The van der Waals surface area contributed by atoms with E-state index in [0.717, 1.165) is 25.4 Å². The molecule has 2 unspecified atom stereocenters. The van der Waals surface area contributed by atoms with Crippen LogP contribution < -0.4 is 5.73 Å². The van der Waals surface area contributed by atoms with Crippen LogP contribution in [0.5, 0.6) is 0 Å². The molecule has 4 heteroatoms. The lowest BCUT2D eigenvalue weighted by Crippen LogP contribution is -2.50. The number of hydrogen-bond donors (Lipinski definition) is 1. The highest BCUT2D eigenvalue weighted by Gasteiger charge is 2.29. The van der Waals surface area contributed by atoms with Gasteiger partial charge in [-0.25, -0.2) is 0 Å².